The molecule has 2 heterocycles. The molecular formula is C18H19F3N4O. The van der Waals surface area contributed by atoms with E-state index < -0.39 is 11.7 Å². The Morgan fingerprint density at radius 3 is 2.35 bits per heavy atom. The molecule has 26 heavy (non-hydrogen) atoms. The van der Waals surface area contributed by atoms with Crippen LogP contribution in [0.3, 0.4) is 0 Å². The number of hydrogen-bond donors (Lipinski definition) is 1. The lowest BCUT2D eigenvalue weighted by Crippen LogP contribution is -2.47. The van der Waals surface area contributed by atoms with E-state index in [0.717, 1.165) is 25.2 Å². The van der Waals surface area contributed by atoms with Crippen molar-refractivity contribution in [2.45, 2.75) is 6.18 Å². The third kappa shape index (κ3) is 4.32. The summed E-state index contributed by atoms with van der Waals surface area (Å²) >= 11 is 0. The van der Waals surface area contributed by atoms with E-state index in [4.69, 9.17) is 0 Å². The zero-order valence-electron chi connectivity index (χ0n) is 14.3. The van der Waals surface area contributed by atoms with Gasteiger partial charge in [-0.05, 0) is 43.4 Å². The molecule has 0 spiro atoms. The molecule has 0 aliphatic carbocycles. The molecule has 1 aliphatic heterocycles. The summed E-state index contributed by atoms with van der Waals surface area (Å²) in [5.41, 5.74) is 0.253. The summed E-state index contributed by atoms with van der Waals surface area (Å²) in [6.45, 7) is 2.99. The number of anilines is 2. The lowest BCUT2D eigenvalue weighted by Gasteiger charge is -2.32. The highest BCUT2D eigenvalue weighted by Gasteiger charge is 2.30. The molecule has 1 aromatic heterocycles. The third-order valence-corrected chi connectivity index (χ3v) is 4.28. The van der Waals surface area contributed by atoms with Crippen molar-refractivity contribution < 1.29 is 18.0 Å². The van der Waals surface area contributed by atoms with Gasteiger partial charge in [0.1, 0.15) is 5.82 Å². The molecule has 0 unspecified atom stereocenters. The summed E-state index contributed by atoms with van der Waals surface area (Å²) in [5.74, 6) is 0.334. The number of hydrogen-bond acceptors (Lipinski definition) is 4. The fraction of sp³-hybridized carbons (Fsp3) is 0.333. The van der Waals surface area contributed by atoms with E-state index in [1.807, 2.05) is 7.05 Å². The number of halogens is 3. The fourth-order valence-corrected chi connectivity index (χ4v) is 2.71. The van der Waals surface area contributed by atoms with Crippen LogP contribution < -0.4 is 5.32 Å². The number of rotatable bonds is 3. The van der Waals surface area contributed by atoms with Gasteiger partial charge in [0, 0.05) is 43.6 Å². The minimum atomic E-state index is -4.37. The van der Waals surface area contributed by atoms with Gasteiger partial charge in [0.25, 0.3) is 5.91 Å². The summed E-state index contributed by atoms with van der Waals surface area (Å²) in [4.78, 5) is 20.7. The maximum Gasteiger partial charge on any atom is 0.416 e. The number of alkyl halides is 3. The Kier molecular flexibility index (Phi) is 5.13. The standard InChI is InChI=1S/C18H19F3N4O/c1-24-8-10-25(11-9-24)17(26)13-6-7-22-16(12-13)23-15-4-2-14(3-5-15)18(19,20)21/h2-7,12H,8-11H2,1H3,(H,22,23). The first kappa shape index (κ1) is 18.2. The van der Waals surface area contributed by atoms with Crippen molar-refractivity contribution >= 4 is 17.4 Å². The van der Waals surface area contributed by atoms with Gasteiger partial charge in [-0.15, -0.1) is 0 Å². The van der Waals surface area contributed by atoms with Gasteiger partial charge in [-0.1, -0.05) is 0 Å². The van der Waals surface area contributed by atoms with Crippen molar-refractivity contribution in [2.75, 3.05) is 38.5 Å². The Bertz CT molecular complexity index is 769. The number of nitrogens with zero attached hydrogens (tertiary/aromatic N) is 3. The number of nitrogens with one attached hydrogen (secondary N) is 1. The lowest BCUT2D eigenvalue weighted by atomic mass is 10.2. The van der Waals surface area contributed by atoms with E-state index in [1.165, 1.54) is 18.3 Å². The predicted octanol–water partition coefficient (Wildman–Crippen LogP) is 3.23. The molecule has 1 fully saturated rings. The highest BCUT2D eigenvalue weighted by atomic mass is 19.4. The number of benzene rings is 1. The van der Waals surface area contributed by atoms with Gasteiger partial charge in [-0.2, -0.15) is 13.2 Å². The van der Waals surface area contributed by atoms with Crippen LogP contribution in [-0.2, 0) is 6.18 Å². The molecule has 0 bridgehead atoms. The van der Waals surface area contributed by atoms with Gasteiger partial charge in [0.15, 0.2) is 0 Å². The molecule has 8 heteroatoms. The second-order valence-corrected chi connectivity index (χ2v) is 6.23. The first-order chi connectivity index (χ1) is 12.3. The smallest absolute Gasteiger partial charge is 0.340 e. The topological polar surface area (TPSA) is 48.5 Å². The maximum atomic E-state index is 12.6. The molecule has 1 amide bonds. The number of carbonyl (C=O) groups is 1. The van der Waals surface area contributed by atoms with E-state index in [2.05, 4.69) is 15.2 Å². The van der Waals surface area contributed by atoms with Gasteiger partial charge in [-0.3, -0.25) is 4.79 Å². The summed E-state index contributed by atoms with van der Waals surface area (Å²) in [6, 6.07) is 7.92. The van der Waals surface area contributed by atoms with Crippen LogP contribution in [0.2, 0.25) is 0 Å². The Morgan fingerprint density at radius 2 is 1.73 bits per heavy atom. The summed E-state index contributed by atoms with van der Waals surface area (Å²) in [6.07, 6.45) is -2.86. The molecule has 2 aromatic rings. The van der Waals surface area contributed by atoms with Crippen molar-refractivity contribution in [3.8, 4) is 0 Å². The molecule has 3 rings (SSSR count). The lowest BCUT2D eigenvalue weighted by molar-refractivity contribution is -0.137. The molecule has 0 atom stereocenters. The molecular weight excluding hydrogens is 345 g/mol. The third-order valence-electron chi connectivity index (χ3n) is 4.28. The van der Waals surface area contributed by atoms with Gasteiger partial charge in [0.05, 0.1) is 5.56 Å². The summed E-state index contributed by atoms with van der Waals surface area (Å²) < 4.78 is 37.8. The zero-order valence-corrected chi connectivity index (χ0v) is 14.3. The van der Waals surface area contributed by atoms with Crippen LogP contribution in [0.4, 0.5) is 24.7 Å². The van der Waals surface area contributed by atoms with Crippen LogP contribution in [0.1, 0.15) is 15.9 Å². The van der Waals surface area contributed by atoms with Crippen LogP contribution in [0, 0.1) is 0 Å². The average molecular weight is 364 g/mol. The number of amides is 1. The summed E-state index contributed by atoms with van der Waals surface area (Å²) in [5, 5.41) is 2.93. The Morgan fingerprint density at radius 1 is 1.08 bits per heavy atom. The SMILES string of the molecule is CN1CCN(C(=O)c2ccnc(Nc3ccc(C(F)(F)F)cc3)c2)CC1. The minimum Gasteiger partial charge on any atom is -0.340 e. The quantitative estimate of drug-likeness (QED) is 0.909. The Labute approximate surface area is 149 Å². The van der Waals surface area contributed by atoms with Gasteiger partial charge in [0.2, 0.25) is 0 Å². The van der Waals surface area contributed by atoms with E-state index in [1.54, 1.807) is 17.0 Å². The molecule has 0 radical (unpaired) electrons. The van der Waals surface area contributed by atoms with E-state index in [0.29, 0.717) is 30.2 Å². The number of carbonyl (C=O) groups excluding carboxylic acids is 1. The van der Waals surface area contributed by atoms with Crippen LogP contribution in [0.5, 0.6) is 0 Å². The number of pyridine rings is 1. The van der Waals surface area contributed by atoms with Crippen molar-refractivity contribution in [3.63, 3.8) is 0 Å². The molecule has 1 aliphatic rings. The van der Waals surface area contributed by atoms with Gasteiger partial charge in [-0.25, -0.2) is 4.98 Å². The Balaban J connectivity index is 1.70. The van der Waals surface area contributed by atoms with Crippen molar-refractivity contribution in [3.05, 3.63) is 53.7 Å². The van der Waals surface area contributed by atoms with Gasteiger partial charge >= 0.3 is 6.18 Å². The van der Waals surface area contributed by atoms with E-state index in [9.17, 15) is 18.0 Å². The van der Waals surface area contributed by atoms with Crippen LogP contribution in [0.25, 0.3) is 0 Å². The molecule has 1 N–H and O–H groups in total. The van der Waals surface area contributed by atoms with Crippen molar-refractivity contribution in [1.29, 1.82) is 0 Å². The predicted molar refractivity (Wildman–Crippen MR) is 92.4 cm³/mol. The number of likely N-dealkylation sites (N-methyl/N-ethyl adjacent to an activating group) is 1. The first-order valence-electron chi connectivity index (χ1n) is 8.21. The van der Waals surface area contributed by atoms with Crippen LogP contribution in [-0.4, -0.2) is 53.9 Å². The highest BCUT2D eigenvalue weighted by Crippen LogP contribution is 2.30. The largest absolute Gasteiger partial charge is 0.416 e. The molecule has 0 saturated carbocycles. The van der Waals surface area contributed by atoms with Gasteiger partial charge < -0.3 is 15.1 Å². The second kappa shape index (κ2) is 7.33. The average Bonchev–Trinajstić information content (AvgIpc) is 2.62. The molecule has 1 aromatic carbocycles. The second-order valence-electron chi connectivity index (χ2n) is 6.23. The monoisotopic (exact) mass is 364 g/mol. The molecule has 1 saturated heterocycles. The van der Waals surface area contributed by atoms with E-state index in [-0.39, 0.29) is 5.91 Å². The zero-order chi connectivity index (χ0) is 18.7. The first-order valence-corrected chi connectivity index (χ1v) is 8.21. The number of piperazine rings is 1. The Hall–Kier alpha value is -2.61. The maximum absolute atomic E-state index is 12.6. The molecule has 5 nitrogen and oxygen atoms in total. The normalized spacial score (nSPS) is 15.8. The molecule has 138 valence electrons. The van der Waals surface area contributed by atoms with Crippen molar-refractivity contribution in [1.82, 2.24) is 14.8 Å². The van der Waals surface area contributed by atoms with Crippen LogP contribution >= 0.6 is 0 Å². The fourth-order valence-electron chi connectivity index (χ4n) is 2.71. The minimum absolute atomic E-state index is 0.0732. The number of aromatic nitrogens is 1. The van der Waals surface area contributed by atoms with E-state index >= 15 is 0 Å². The summed E-state index contributed by atoms with van der Waals surface area (Å²) in [7, 11) is 2.01. The highest BCUT2D eigenvalue weighted by molar-refractivity contribution is 5.95. The van der Waals surface area contributed by atoms with Crippen LogP contribution in [0.15, 0.2) is 42.6 Å². The van der Waals surface area contributed by atoms with Crippen molar-refractivity contribution in [2.24, 2.45) is 0 Å².